The molecular weight excluding hydrogens is 404 g/mol. The van der Waals surface area contributed by atoms with Crippen molar-refractivity contribution >= 4 is 0 Å². The zero-order valence-corrected chi connectivity index (χ0v) is 18.8. The van der Waals surface area contributed by atoms with Crippen LogP contribution < -0.4 is 9.47 Å². The van der Waals surface area contributed by atoms with Crippen LogP contribution in [0.25, 0.3) is 5.95 Å². The Morgan fingerprint density at radius 1 is 1.12 bits per heavy atom. The Hall–Kier alpha value is -2.97. The molecule has 8 nitrogen and oxygen atoms in total. The summed E-state index contributed by atoms with van der Waals surface area (Å²) in [6, 6.07) is 8.71. The number of likely N-dealkylation sites (tertiary alicyclic amines) is 1. The van der Waals surface area contributed by atoms with Gasteiger partial charge in [-0.25, -0.2) is 15.0 Å². The second-order valence-corrected chi connectivity index (χ2v) is 8.61. The molecule has 32 heavy (non-hydrogen) atoms. The van der Waals surface area contributed by atoms with Gasteiger partial charge in [0, 0.05) is 37.7 Å². The van der Waals surface area contributed by atoms with Gasteiger partial charge in [-0.1, -0.05) is 6.07 Å². The number of ether oxygens (including phenoxy) is 2. The average molecular weight is 435 g/mol. The predicted molar refractivity (Wildman–Crippen MR) is 121 cm³/mol. The van der Waals surface area contributed by atoms with Crippen molar-refractivity contribution in [1.29, 1.82) is 0 Å². The summed E-state index contributed by atoms with van der Waals surface area (Å²) in [5.41, 5.74) is 3.33. The van der Waals surface area contributed by atoms with Crippen molar-refractivity contribution < 1.29 is 9.47 Å². The fourth-order valence-corrected chi connectivity index (χ4v) is 4.55. The predicted octanol–water partition coefficient (Wildman–Crippen LogP) is 3.01. The third kappa shape index (κ3) is 4.61. The number of aryl methyl sites for hydroxylation is 1. The first-order valence-corrected chi connectivity index (χ1v) is 11.3. The quantitative estimate of drug-likeness (QED) is 0.566. The molecule has 0 N–H and O–H groups in total. The van der Waals surface area contributed by atoms with Crippen molar-refractivity contribution in [2.45, 2.75) is 32.4 Å². The van der Waals surface area contributed by atoms with Crippen LogP contribution in [0, 0.1) is 6.92 Å². The smallest absolute Gasteiger partial charge is 0.235 e. The molecule has 4 heterocycles. The van der Waals surface area contributed by atoms with Crippen LogP contribution in [0.15, 0.2) is 43.0 Å². The van der Waals surface area contributed by atoms with E-state index in [2.05, 4.69) is 45.0 Å². The SMILES string of the molecule is Cc1cc(C2CCCN2CCN(C)Cc2ccc3c(c2)OCCO3)nc(-n2ccnc2)n1. The summed E-state index contributed by atoms with van der Waals surface area (Å²) >= 11 is 0. The zero-order valence-electron chi connectivity index (χ0n) is 18.8. The van der Waals surface area contributed by atoms with E-state index in [1.54, 1.807) is 12.5 Å². The molecule has 5 rings (SSSR count). The van der Waals surface area contributed by atoms with Crippen LogP contribution in [0.1, 0.15) is 35.8 Å². The summed E-state index contributed by atoms with van der Waals surface area (Å²) in [7, 11) is 2.17. The Morgan fingerprint density at radius 3 is 2.84 bits per heavy atom. The molecule has 2 aliphatic rings. The maximum Gasteiger partial charge on any atom is 0.235 e. The summed E-state index contributed by atoms with van der Waals surface area (Å²) < 4.78 is 13.2. The van der Waals surface area contributed by atoms with Gasteiger partial charge in [-0.05, 0) is 57.1 Å². The van der Waals surface area contributed by atoms with E-state index in [1.807, 2.05) is 23.8 Å². The summed E-state index contributed by atoms with van der Waals surface area (Å²) in [5.74, 6) is 2.40. The standard InChI is InChI=1S/C24H30N6O2/c1-18-14-20(27-24(26-18)30-9-7-25-17-30)21-4-3-8-29(21)11-10-28(2)16-19-5-6-22-23(15-19)32-13-12-31-22/h5-7,9,14-15,17,21H,3-4,8,10-13,16H2,1-2H3. The van der Waals surface area contributed by atoms with E-state index < -0.39 is 0 Å². The van der Waals surface area contributed by atoms with Crippen LogP contribution in [0.4, 0.5) is 0 Å². The lowest BCUT2D eigenvalue weighted by Gasteiger charge is -2.27. The number of benzene rings is 1. The molecular formula is C24H30N6O2. The summed E-state index contributed by atoms with van der Waals surface area (Å²) in [5, 5.41) is 0. The minimum atomic E-state index is 0.335. The Bertz CT molecular complexity index is 1050. The summed E-state index contributed by atoms with van der Waals surface area (Å²) in [6.07, 6.45) is 7.71. The van der Waals surface area contributed by atoms with Crippen molar-refractivity contribution in [3.8, 4) is 17.4 Å². The molecule has 1 aromatic carbocycles. The molecule has 0 saturated carbocycles. The topological polar surface area (TPSA) is 68.5 Å². The average Bonchev–Trinajstić information content (AvgIpc) is 3.49. The molecule has 0 aliphatic carbocycles. The molecule has 1 atom stereocenters. The van der Waals surface area contributed by atoms with Crippen molar-refractivity contribution in [3.05, 3.63) is 59.9 Å². The largest absolute Gasteiger partial charge is 0.486 e. The van der Waals surface area contributed by atoms with Crippen LogP contribution in [0.5, 0.6) is 11.5 Å². The van der Waals surface area contributed by atoms with Gasteiger partial charge in [0.15, 0.2) is 11.5 Å². The highest BCUT2D eigenvalue weighted by Gasteiger charge is 2.28. The third-order valence-corrected chi connectivity index (χ3v) is 6.13. The highest BCUT2D eigenvalue weighted by atomic mass is 16.6. The number of hydrogen-bond donors (Lipinski definition) is 0. The van der Waals surface area contributed by atoms with E-state index in [9.17, 15) is 0 Å². The minimum Gasteiger partial charge on any atom is -0.486 e. The summed E-state index contributed by atoms with van der Waals surface area (Å²) in [6.45, 7) is 7.26. The Labute approximate surface area is 188 Å². The van der Waals surface area contributed by atoms with Crippen LogP contribution in [-0.2, 0) is 6.54 Å². The van der Waals surface area contributed by atoms with E-state index in [0.717, 1.165) is 55.5 Å². The van der Waals surface area contributed by atoms with Crippen LogP contribution in [0.2, 0.25) is 0 Å². The highest BCUT2D eigenvalue weighted by Crippen LogP contribution is 2.32. The molecule has 1 unspecified atom stereocenters. The summed E-state index contributed by atoms with van der Waals surface area (Å²) in [4.78, 5) is 18.5. The monoisotopic (exact) mass is 434 g/mol. The van der Waals surface area contributed by atoms with E-state index in [4.69, 9.17) is 14.5 Å². The zero-order chi connectivity index (χ0) is 21.9. The van der Waals surface area contributed by atoms with E-state index in [0.29, 0.717) is 25.2 Å². The fourth-order valence-electron chi connectivity index (χ4n) is 4.55. The molecule has 8 heteroatoms. The number of rotatable bonds is 7. The van der Waals surface area contributed by atoms with Crippen LogP contribution in [0.3, 0.4) is 0 Å². The fraction of sp³-hybridized carbons (Fsp3) is 0.458. The minimum absolute atomic E-state index is 0.335. The number of fused-ring (bicyclic) bond motifs is 1. The van der Waals surface area contributed by atoms with Crippen molar-refractivity contribution in [2.75, 3.05) is 39.9 Å². The number of hydrogen-bond acceptors (Lipinski definition) is 7. The first-order chi connectivity index (χ1) is 15.7. The lowest BCUT2D eigenvalue weighted by atomic mass is 10.1. The first-order valence-electron chi connectivity index (χ1n) is 11.3. The van der Waals surface area contributed by atoms with E-state index >= 15 is 0 Å². The molecule has 2 aromatic heterocycles. The molecule has 0 spiro atoms. The molecule has 3 aromatic rings. The second-order valence-electron chi connectivity index (χ2n) is 8.61. The number of likely N-dealkylation sites (N-methyl/N-ethyl adjacent to an activating group) is 1. The van der Waals surface area contributed by atoms with Gasteiger partial charge < -0.3 is 14.4 Å². The van der Waals surface area contributed by atoms with Crippen LogP contribution in [-0.4, -0.2) is 69.2 Å². The molecule has 0 amide bonds. The highest BCUT2D eigenvalue weighted by molar-refractivity contribution is 5.43. The van der Waals surface area contributed by atoms with Gasteiger partial charge in [-0.2, -0.15) is 0 Å². The maximum absolute atomic E-state index is 5.73. The Morgan fingerprint density at radius 2 is 2.00 bits per heavy atom. The molecule has 0 bridgehead atoms. The lowest BCUT2D eigenvalue weighted by Crippen LogP contribution is -2.33. The van der Waals surface area contributed by atoms with Crippen molar-refractivity contribution in [2.24, 2.45) is 0 Å². The van der Waals surface area contributed by atoms with Crippen LogP contribution >= 0.6 is 0 Å². The number of aromatic nitrogens is 4. The lowest BCUT2D eigenvalue weighted by molar-refractivity contribution is 0.171. The van der Waals surface area contributed by atoms with Gasteiger partial charge in [-0.3, -0.25) is 9.47 Å². The number of nitrogens with zero attached hydrogens (tertiary/aromatic N) is 6. The van der Waals surface area contributed by atoms with Gasteiger partial charge in [0.25, 0.3) is 0 Å². The molecule has 1 fully saturated rings. The number of imidazole rings is 1. The normalized spacial score (nSPS) is 18.4. The van der Waals surface area contributed by atoms with Gasteiger partial charge in [0.1, 0.15) is 19.5 Å². The van der Waals surface area contributed by atoms with Crippen molar-refractivity contribution in [1.82, 2.24) is 29.3 Å². The molecule has 1 saturated heterocycles. The van der Waals surface area contributed by atoms with Gasteiger partial charge in [0.05, 0.1) is 11.7 Å². The first kappa shape index (κ1) is 20.9. The van der Waals surface area contributed by atoms with E-state index in [1.165, 1.54) is 12.0 Å². The third-order valence-electron chi connectivity index (χ3n) is 6.13. The van der Waals surface area contributed by atoms with E-state index in [-0.39, 0.29) is 0 Å². The Kier molecular flexibility index (Phi) is 6.05. The maximum atomic E-state index is 5.73. The molecule has 0 radical (unpaired) electrons. The molecule has 2 aliphatic heterocycles. The van der Waals surface area contributed by atoms with Gasteiger partial charge in [-0.15, -0.1) is 0 Å². The van der Waals surface area contributed by atoms with Crippen molar-refractivity contribution in [3.63, 3.8) is 0 Å². The van der Waals surface area contributed by atoms with Gasteiger partial charge >= 0.3 is 0 Å². The molecule has 168 valence electrons. The second kappa shape index (κ2) is 9.26. The Balaban J connectivity index is 1.22. The van der Waals surface area contributed by atoms with Gasteiger partial charge in [0.2, 0.25) is 5.95 Å².